The number of rotatable bonds is 3. The molecule has 2 amide bonds. The zero-order valence-corrected chi connectivity index (χ0v) is 12.5. The lowest BCUT2D eigenvalue weighted by Crippen LogP contribution is -2.45. The molecule has 7 heteroatoms. The molecule has 0 saturated carbocycles. The van der Waals surface area contributed by atoms with Crippen molar-refractivity contribution < 1.29 is 9.59 Å². The van der Waals surface area contributed by atoms with Crippen molar-refractivity contribution in [2.75, 3.05) is 6.54 Å². The van der Waals surface area contributed by atoms with Gasteiger partial charge in [0.1, 0.15) is 6.04 Å². The maximum absolute atomic E-state index is 12.2. The third kappa shape index (κ3) is 3.68. The van der Waals surface area contributed by atoms with Gasteiger partial charge in [-0.05, 0) is 31.4 Å². The molecule has 1 fully saturated rings. The molecule has 2 N–H and O–H groups in total. The largest absolute Gasteiger partial charge is 0.354 e. The van der Waals surface area contributed by atoms with Crippen molar-refractivity contribution in [3.8, 4) is 11.4 Å². The van der Waals surface area contributed by atoms with Crippen LogP contribution in [0.1, 0.15) is 29.6 Å². The van der Waals surface area contributed by atoms with Crippen molar-refractivity contribution in [3.63, 3.8) is 0 Å². The van der Waals surface area contributed by atoms with E-state index in [1.807, 2.05) is 0 Å². The van der Waals surface area contributed by atoms with Gasteiger partial charge in [0.05, 0.1) is 5.56 Å². The van der Waals surface area contributed by atoms with E-state index >= 15 is 0 Å². The van der Waals surface area contributed by atoms with Crippen molar-refractivity contribution >= 4 is 11.8 Å². The second-order valence-electron chi connectivity index (χ2n) is 5.34. The maximum Gasteiger partial charge on any atom is 0.255 e. The van der Waals surface area contributed by atoms with Crippen LogP contribution in [0.25, 0.3) is 11.4 Å². The van der Waals surface area contributed by atoms with Gasteiger partial charge in [0.2, 0.25) is 5.91 Å². The number of amides is 2. The third-order valence-electron chi connectivity index (χ3n) is 3.69. The number of carbonyl (C=O) groups excluding carboxylic acids is 2. The van der Waals surface area contributed by atoms with E-state index in [1.165, 1.54) is 12.4 Å². The van der Waals surface area contributed by atoms with Crippen LogP contribution in [-0.4, -0.2) is 39.4 Å². The summed E-state index contributed by atoms with van der Waals surface area (Å²) >= 11 is 0. The lowest BCUT2D eigenvalue weighted by Gasteiger charge is -2.14. The van der Waals surface area contributed by atoms with E-state index in [4.69, 9.17) is 0 Å². The van der Waals surface area contributed by atoms with Gasteiger partial charge < -0.3 is 10.6 Å². The zero-order chi connectivity index (χ0) is 16.1. The maximum atomic E-state index is 12.2. The molecule has 3 rings (SSSR count). The fourth-order valence-corrected chi connectivity index (χ4v) is 2.41. The summed E-state index contributed by atoms with van der Waals surface area (Å²) in [6, 6.07) is 3.10. The minimum Gasteiger partial charge on any atom is -0.354 e. The second kappa shape index (κ2) is 6.95. The van der Waals surface area contributed by atoms with Crippen molar-refractivity contribution in [1.82, 2.24) is 25.6 Å². The first-order chi connectivity index (χ1) is 11.2. The van der Waals surface area contributed by atoms with Crippen LogP contribution in [-0.2, 0) is 4.79 Å². The molecule has 3 heterocycles. The van der Waals surface area contributed by atoms with Crippen LogP contribution >= 0.6 is 0 Å². The molecule has 1 saturated heterocycles. The summed E-state index contributed by atoms with van der Waals surface area (Å²) in [5, 5.41) is 5.53. The number of pyridine rings is 1. The summed E-state index contributed by atoms with van der Waals surface area (Å²) in [4.78, 5) is 36.4. The van der Waals surface area contributed by atoms with Gasteiger partial charge in [-0.15, -0.1) is 0 Å². The Kier molecular flexibility index (Phi) is 4.56. The van der Waals surface area contributed by atoms with Gasteiger partial charge in [0, 0.05) is 36.9 Å². The van der Waals surface area contributed by atoms with Crippen LogP contribution in [0.15, 0.2) is 36.9 Å². The lowest BCUT2D eigenvalue weighted by atomic mass is 10.1. The van der Waals surface area contributed by atoms with Crippen LogP contribution in [0.5, 0.6) is 0 Å². The van der Waals surface area contributed by atoms with Gasteiger partial charge in [-0.2, -0.15) is 0 Å². The molecule has 0 aliphatic carbocycles. The number of hydrogen-bond acceptors (Lipinski definition) is 5. The molecule has 0 spiro atoms. The molecule has 1 aliphatic rings. The van der Waals surface area contributed by atoms with Gasteiger partial charge in [0.15, 0.2) is 5.82 Å². The standard InChI is InChI=1S/C16H17N5O2/c22-15(21-13-3-1-2-6-18-16(13)23)12-9-19-14(20-10-12)11-4-7-17-8-5-11/h4-5,7-10,13H,1-3,6H2,(H,18,23)(H,21,22)/t13-/m1/s1. The molecule has 7 nitrogen and oxygen atoms in total. The normalized spacial score (nSPS) is 17.9. The van der Waals surface area contributed by atoms with E-state index in [-0.39, 0.29) is 11.8 Å². The summed E-state index contributed by atoms with van der Waals surface area (Å²) in [5.41, 5.74) is 1.16. The van der Waals surface area contributed by atoms with Crippen molar-refractivity contribution in [2.24, 2.45) is 0 Å². The number of carbonyl (C=O) groups is 2. The molecule has 2 aromatic rings. The second-order valence-corrected chi connectivity index (χ2v) is 5.34. The highest BCUT2D eigenvalue weighted by atomic mass is 16.2. The van der Waals surface area contributed by atoms with Crippen LogP contribution in [0, 0.1) is 0 Å². The monoisotopic (exact) mass is 311 g/mol. The Bertz CT molecular complexity index is 687. The van der Waals surface area contributed by atoms with Crippen LogP contribution in [0.2, 0.25) is 0 Å². The van der Waals surface area contributed by atoms with Crippen LogP contribution < -0.4 is 10.6 Å². The van der Waals surface area contributed by atoms with Crippen LogP contribution in [0.3, 0.4) is 0 Å². The number of hydrogen-bond donors (Lipinski definition) is 2. The molecule has 0 bridgehead atoms. The highest BCUT2D eigenvalue weighted by molar-refractivity contribution is 5.97. The third-order valence-corrected chi connectivity index (χ3v) is 3.69. The molecule has 2 aromatic heterocycles. The topological polar surface area (TPSA) is 96.9 Å². The summed E-state index contributed by atoms with van der Waals surface area (Å²) < 4.78 is 0. The Morgan fingerprint density at radius 1 is 1.17 bits per heavy atom. The highest BCUT2D eigenvalue weighted by Gasteiger charge is 2.23. The fraction of sp³-hybridized carbons (Fsp3) is 0.312. The SMILES string of the molecule is O=C(N[C@@H]1CCCCNC1=O)c1cnc(-c2ccncc2)nc1. The van der Waals surface area contributed by atoms with Gasteiger partial charge in [-0.1, -0.05) is 0 Å². The summed E-state index contributed by atoms with van der Waals surface area (Å²) in [7, 11) is 0. The molecule has 1 atom stereocenters. The average Bonchev–Trinajstić information content (AvgIpc) is 2.80. The van der Waals surface area contributed by atoms with E-state index in [9.17, 15) is 9.59 Å². The zero-order valence-electron chi connectivity index (χ0n) is 12.5. The number of aromatic nitrogens is 3. The fourth-order valence-electron chi connectivity index (χ4n) is 2.41. The molecule has 0 radical (unpaired) electrons. The Morgan fingerprint density at radius 2 is 1.91 bits per heavy atom. The van der Waals surface area contributed by atoms with Crippen molar-refractivity contribution in [1.29, 1.82) is 0 Å². The quantitative estimate of drug-likeness (QED) is 0.879. The molecule has 23 heavy (non-hydrogen) atoms. The first-order valence-corrected chi connectivity index (χ1v) is 7.55. The Morgan fingerprint density at radius 3 is 2.65 bits per heavy atom. The predicted octanol–water partition coefficient (Wildman–Crippen LogP) is 0.937. The average molecular weight is 311 g/mol. The first-order valence-electron chi connectivity index (χ1n) is 7.55. The van der Waals surface area contributed by atoms with Crippen LogP contribution in [0.4, 0.5) is 0 Å². The van der Waals surface area contributed by atoms with Crippen molar-refractivity contribution in [3.05, 3.63) is 42.5 Å². The minimum absolute atomic E-state index is 0.134. The van der Waals surface area contributed by atoms with Crippen molar-refractivity contribution in [2.45, 2.75) is 25.3 Å². The number of nitrogens with one attached hydrogen (secondary N) is 2. The van der Waals surface area contributed by atoms with E-state index in [1.54, 1.807) is 24.5 Å². The van der Waals surface area contributed by atoms with E-state index < -0.39 is 6.04 Å². The van der Waals surface area contributed by atoms with Gasteiger partial charge >= 0.3 is 0 Å². The Hall–Kier alpha value is -2.83. The Labute approximate surface area is 133 Å². The molecule has 0 unspecified atom stereocenters. The van der Waals surface area contributed by atoms with E-state index in [0.29, 0.717) is 24.4 Å². The smallest absolute Gasteiger partial charge is 0.255 e. The van der Waals surface area contributed by atoms with Gasteiger partial charge in [-0.25, -0.2) is 9.97 Å². The lowest BCUT2D eigenvalue weighted by molar-refractivity contribution is -0.122. The summed E-state index contributed by atoms with van der Waals surface area (Å²) in [5.74, 6) is 0.0506. The van der Waals surface area contributed by atoms with Gasteiger partial charge in [-0.3, -0.25) is 14.6 Å². The molecule has 1 aliphatic heterocycles. The summed E-state index contributed by atoms with van der Waals surface area (Å²) in [6.45, 7) is 0.662. The number of nitrogens with zero attached hydrogens (tertiary/aromatic N) is 3. The summed E-state index contributed by atoms with van der Waals surface area (Å²) in [6.07, 6.45) is 8.73. The molecular weight excluding hydrogens is 294 g/mol. The van der Waals surface area contributed by atoms with E-state index in [0.717, 1.165) is 18.4 Å². The Balaban J connectivity index is 1.69. The van der Waals surface area contributed by atoms with E-state index in [2.05, 4.69) is 25.6 Å². The predicted molar refractivity (Wildman–Crippen MR) is 83.4 cm³/mol. The minimum atomic E-state index is -0.495. The molecule has 118 valence electrons. The van der Waals surface area contributed by atoms with Gasteiger partial charge in [0.25, 0.3) is 5.91 Å². The first kappa shape index (κ1) is 15.1. The highest BCUT2D eigenvalue weighted by Crippen LogP contribution is 2.12. The molecule has 0 aromatic carbocycles. The molecular formula is C16H17N5O2.